The zero-order valence-electron chi connectivity index (χ0n) is 6.98. The highest BCUT2D eigenvalue weighted by Crippen LogP contribution is 2.26. The van der Waals surface area contributed by atoms with E-state index in [-0.39, 0.29) is 11.8 Å². The molecule has 0 unspecified atom stereocenters. The molecule has 7 heteroatoms. The lowest BCUT2D eigenvalue weighted by Crippen LogP contribution is -2.14. The highest BCUT2D eigenvalue weighted by atomic mass is 19.4. The van der Waals surface area contributed by atoms with Gasteiger partial charge in [0.25, 0.3) is 0 Å². The molecule has 0 aromatic carbocycles. The molecule has 0 radical (unpaired) electrons. The fourth-order valence-electron chi connectivity index (χ4n) is 0.720. The number of nitrogens with zero attached hydrogens (tertiary/aromatic N) is 3. The molecule has 0 amide bonds. The summed E-state index contributed by atoms with van der Waals surface area (Å²) in [5.74, 6) is -1.23. The van der Waals surface area contributed by atoms with E-state index in [2.05, 4.69) is 20.3 Å². The summed E-state index contributed by atoms with van der Waals surface area (Å²) >= 11 is 0. The average molecular weight is 192 g/mol. The number of halogens is 3. The molecule has 0 fully saturated rings. The summed E-state index contributed by atoms with van der Waals surface area (Å²) in [4.78, 5) is 9.96. The average Bonchev–Trinajstić information content (AvgIpc) is 2.01. The molecule has 0 bridgehead atoms. The Balaban J connectivity index is 3.16. The maximum atomic E-state index is 12.1. The van der Waals surface area contributed by atoms with Crippen molar-refractivity contribution in [2.75, 3.05) is 12.4 Å². The standard InChI is InChI=1S/C6H7F3N4/c1-3-11-4(6(7,8)9)13-5(10-2)12-3/h1-2H3,(H,10,11,12,13). The van der Waals surface area contributed by atoms with Gasteiger partial charge in [-0.25, -0.2) is 4.98 Å². The van der Waals surface area contributed by atoms with Crippen LogP contribution in [-0.2, 0) is 6.18 Å². The molecule has 72 valence electrons. The largest absolute Gasteiger partial charge is 0.451 e. The maximum absolute atomic E-state index is 12.1. The van der Waals surface area contributed by atoms with E-state index >= 15 is 0 Å². The maximum Gasteiger partial charge on any atom is 0.451 e. The molecule has 1 aromatic rings. The van der Waals surface area contributed by atoms with Crippen LogP contribution in [0.4, 0.5) is 19.1 Å². The topological polar surface area (TPSA) is 50.7 Å². The van der Waals surface area contributed by atoms with Crippen LogP contribution in [0.2, 0.25) is 0 Å². The van der Waals surface area contributed by atoms with Gasteiger partial charge in [0.15, 0.2) is 0 Å². The Morgan fingerprint density at radius 3 is 2.23 bits per heavy atom. The van der Waals surface area contributed by atoms with Gasteiger partial charge >= 0.3 is 6.18 Å². The summed E-state index contributed by atoms with van der Waals surface area (Å²) in [6.45, 7) is 1.37. The van der Waals surface area contributed by atoms with Crippen LogP contribution < -0.4 is 5.32 Å². The van der Waals surface area contributed by atoms with E-state index in [0.717, 1.165) is 0 Å². The van der Waals surface area contributed by atoms with Gasteiger partial charge in [0, 0.05) is 7.05 Å². The molecular formula is C6H7F3N4. The van der Waals surface area contributed by atoms with Gasteiger partial charge in [-0.05, 0) is 6.92 Å². The predicted octanol–water partition coefficient (Wildman–Crippen LogP) is 1.24. The van der Waals surface area contributed by atoms with Gasteiger partial charge in [-0.3, -0.25) is 0 Å². The summed E-state index contributed by atoms with van der Waals surface area (Å²) in [7, 11) is 1.44. The first-order valence-corrected chi connectivity index (χ1v) is 3.41. The Hall–Kier alpha value is -1.40. The van der Waals surface area contributed by atoms with Crippen LogP contribution in [0.1, 0.15) is 11.6 Å². The van der Waals surface area contributed by atoms with Crippen molar-refractivity contribution in [1.29, 1.82) is 0 Å². The third-order valence-electron chi connectivity index (χ3n) is 1.22. The van der Waals surface area contributed by atoms with Crippen molar-refractivity contribution in [2.45, 2.75) is 13.1 Å². The van der Waals surface area contributed by atoms with Crippen molar-refractivity contribution in [2.24, 2.45) is 0 Å². The van der Waals surface area contributed by atoms with Crippen molar-refractivity contribution < 1.29 is 13.2 Å². The number of nitrogens with one attached hydrogen (secondary N) is 1. The number of rotatable bonds is 1. The summed E-state index contributed by atoms with van der Waals surface area (Å²) in [6.07, 6.45) is -4.53. The molecule has 0 aliphatic rings. The van der Waals surface area contributed by atoms with Gasteiger partial charge in [0.2, 0.25) is 11.8 Å². The Labute approximate surface area is 72.2 Å². The SMILES string of the molecule is CNc1nc(C)nc(C(F)(F)F)n1. The van der Waals surface area contributed by atoms with Crippen molar-refractivity contribution in [1.82, 2.24) is 15.0 Å². The Kier molecular flexibility index (Phi) is 2.35. The summed E-state index contributed by atoms with van der Waals surface area (Å²) < 4.78 is 36.3. The van der Waals surface area contributed by atoms with Crippen LogP contribution in [0.5, 0.6) is 0 Å². The van der Waals surface area contributed by atoms with Gasteiger partial charge in [0.05, 0.1) is 0 Å². The lowest BCUT2D eigenvalue weighted by Gasteiger charge is -2.06. The zero-order valence-corrected chi connectivity index (χ0v) is 6.98. The molecule has 13 heavy (non-hydrogen) atoms. The zero-order chi connectivity index (χ0) is 10.1. The van der Waals surface area contributed by atoms with Crippen LogP contribution in [0.25, 0.3) is 0 Å². The van der Waals surface area contributed by atoms with E-state index in [9.17, 15) is 13.2 Å². The Morgan fingerprint density at radius 2 is 1.77 bits per heavy atom. The molecule has 4 nitrogen and oxygen atoms in total. The third kappa shape index (κ3) is 2.27. The molecule has 1 rings (SSSR count). The van der Waals surface area contributed by atoms with E-state index < -0.39 is 12.0 Å². The van der Waals surface area contributed by atoms with Crippen LogP contribution in [-0.4, -0.2) is 22.0 Å². The number of hydrogen-bond donors (Lipinski definition) is 1. The molecule has 0 spiro atoms. The third-order valence-corrected chi connectivity index (χ3v) is 1.22. The smallest absolute Gasteiger partial charge is 0.357 e. The van der Waals surface area contributed by atoms with E-state index in [0.29, 0.717) is 0 Å². The van der Waals surface area contributed by atoms with Gasteiger partial charge in [-0.15, -0.1) is 0 Å². The quantitative estimate of drug-likeness (QED) is 0.727. The van der Waals surface area contributed by atoms with Gasteiger partial charge in [-0.2, -0.15) is 23.1 Å². The number of hydrogen-bond acceptors (Lipinski definition) is 4. The lowest BCUT2D eigenvalue weighted by molar-refractivity contribution is -0.145. The fourth-order valence-corrected chi connectivity index (χ4v) is 0.720. The molecule has 0 aliphatic heterocycles. The minimum absolute atomic E-state index is 0.0340. The van der Waals surface area contributed by atoms with E-state index in [1.807, 2.05) is 0 Å². The number of alkyl halides is 3. The number of anilines is 1. The summed E-state index contributed by atoms with van der Waals surface area (Å²) in [5, 5.41) is 2.42. The minimum atomic E-state index is -4.53. The van der Waals surface area contributed by atoms with Crippen molar-refractivity contribution in [3.8, 4) is 0 Å². The number of aryl methyl sites for hydroxylation is 1. The molecule has 1 N–H and O–H groups in total. The normalized spacial score (nSPS) is 11.5. The van der Waals surface area contributed by atoms with Crippen molar-refractivity contribution >= 4 is 5.95 Å². The van der Waals surface area contributed by atoms with Crippen LogP contribution in [0, 0.1) is 6.92 Å². The predicted molar refractivity (Wildman–Crippen MR) is 39.1 cm³/mol. The van der Waals surface area contributed by atoms with Crippen molar-refractivity contribution in [3.05, 3.63) is 11.6 Å². The van der Waals surface area contributed by atoms with Crippen LogP contribution in [0.3, 0.4) is 0 Å². The Bertz CT molecular complexity index is 309. The van der Waals surface area contributed by atoms with Gasteiger partial charge in [0.1, 0.15) is 5.82 Å². The first-order chi connectivity index (χ1) is 5.93. The van der Waals surface area contributed by atoms with Gasteiger partial charge < -0.3 is 5.32 Å². The second-order valence-electron chi connectivity index (χ2n) is 2.28. The fraction of sp³-hybridized carbons (Fsp3) is 0.500. The molecule has 1 aromatic heterocycles. The van der Waals surface area contributed by atoms with Crippen LogP contribution in [0.15, 0.2) is 0 Å². The summed E-state index contributed by atoms with van der Waals surface area (Å²) in [5.41, 5.74) is 0. The highest BCUT2D eigenvalue weighted by Gasteiger charge is 2.35. The monoisotopic (exact) mass is 192 g/mol. The van der Waals surface area contributed by atoms with E-state index in [4.69, 9.17) is 0 Å². The van der Waals surface area contributed by atoms with E-state index in [1.165, 1.54) is 14.0 Å². The second kappa shape index (κ2) is 3.15. The van der Waals surface area contributed by atoms with Crippen molar-refractivity contribution in [3.63, 3.8) is 0 Å². The van der Waals surface area contributed by atoms with Crippen LogP contribution >= 0.6 is 0 Å². The first kappa shape index (κ1) is 9.69. The summed E-state index contributed by atoms with van der Waals surface area (Å²) in [6, 6.07) is 0. The molecule has 0 aliphatic carbocycles. The molecule has 0 saturated carbocycles. The molecular weight excluding hydrogens is 185 g/mol. The minimum Gasteiger partial charge on any atom is -0.357 e. The Morgan fingerprint density at radius 1 is 1.15 bits per heavy atom. The molecule has 1 heterocycles. The first-order valence-electron chi connectivity index (χ1n) is 3.41. The van der Waals surface area contributed by atoms with Gasteiger partial charge in [-0.1, -0.05) is 0 Å². The lowest BCUT2D eigenvalue weighted by atomic mass is 10.5. The number of aromatic nitrogens is 3. The van der Waals surface area contributed by atoms with E-state index in [1.54, 1.807) is 0 Å². The highest BCUT2D eigenvalue weighted by molar-refractivity contribution is 5.23. The second-order valence-corrected chi connectivity index (χ2v) is 2.28. The molecule has 0 saturated heterocycles. The molecule has 0 atom stereocenters.